The van der Waals surface area contributed by atoms with Crippen molar-refractivity contribution in [2.75, 3.05) is 0 Å². The van der Waals surface area contributed by atoms with Gasteiger partial charge in [-0.25, -0.2) is 4.99 Å². The molecule has 1 aromatic carbocycles. The minimum Gasteiger partial charge on any atom is -0.493 e. The van der Waals surface area contributed by atoms with Gasteiger partial charge in [-0.05, 0) is 24.7 Å². The summed E-state index contributed by atoms with van der Waals surface area (Å²) in [6.07, 6.45) is 0.162. The molecule has 2 heterocycles. The van der Waals surface area contributed by atoms with Gasteiger partial charge in [0, 0.05) is 30.3 Å². The highest BCUT2D eigenvalue weighted by Crippen LogP contribution is 2.33. The number of rotatable bonds is 6. The van der Waals surface area contributed by atoms with E-state index in [1.165, 1.54) is 22.8 Å². The van der Waals surface area contributed by atoms with Crippen molar-refractivity contribution in [1.29, 1.82) is 0 Å². The first-order chi connectivity index (χ1) is 12.3. The molecule has 9 nitrogen and oxygen atoms in total. The molecule has 1 amide bonds. The highest BCUT2D eigenvalue weighted by atomic mass is 32.1. The van der Waals surface area contributed by atoms with Crippen LogP contribution in [0.1, 0.15) is 17.7 Å². The molecule has 1 aliphatic heterocycles. The first-order valence-electron chi connectivity index (χ1n) is 7.36. The van der Waals surface area contributed by atoms with Gasteiger partial charge in [0.05, 0.1) is 15.9 Å². The fraction of sp³-hybridized carbons (Fsp3) is 0.200. The van der Waals surface area contributed by atoms with E-state index in [9.17, 15) is 24.8 Å². The number of amides is 1. The molecule has 11 heteroatoms. The predicted octanol–water partition coefficient (Wildman–Crippen LogP) is 1.12. The van der Waals surface area contributed by atoms with E-state index >= 15 is 0 Å². The van der Waals surface area contributed by atoms with E-state index < -0.39 is 16.8 Å². The molecule has 2 aromatic rings. The lowest BCUT2D eigenvalue weighted by atomic mass is 10.1. The van der Waals surface area contributed by atoms with Crippen LogP contribution in [0.3, 0.4) is 0 Å². The van der Waals surface area contributed by atoms with E-state index in [4.69, 9.17) is 17.3 Å². The smallest absolute Gasteiger partial charge is 0.303 e. The number of carboxylic acid groups (broad SMARTS) is 1. The molecule has 0 saturated carbocycles. The van der Waals surface area contributed by atoms with Crippen molar-refractivity contribution in [2.45, 2.75) is 19.4 Å². The predicted molar refractivity (Wildman–Crippen MR) is 93.1 cm³/mol. The minimum absolute atomic E-state index is 0.0503. The van der Waals surface area contributed by atoms with Crippen LogP contribution in [0, 0.1) is 14.1 Å². The molecule has 0 radical (unpaired) electrons. The fourth-order valence-electron chi connectivity index (χ4n) is 2.58. The SMILES string of the molecule is O=C(O)CCCn1c(O)c(C2=c3cc([N+](=O)[O-])ccc3=NC2=O)sc1=S. The first kappa shape index (κ1) is 17.9. The Labute approximate surface area is 154 Å². The summed E-state index contributed by atoms with van der Waals surface area (Å²) in [5, 5.41) is 30.7. The van der Waals surface area contributed by atoms with E-state index in [2.05, 4.69) is 4.99 Å². The van der Waals surface area contributed by atoms with Crippen molar-refractivity contribution in [3.63, 3.8) is 0 Å². The molecule has 2 N–H and O–H groups in total. The number of nitrogens with zero attached hydrogens (tertiary/aromatic N) is 3. The second-order valence-corrected chi connectivity index (χ2v) is 7.06. The lowest BCUT2D eigenvalue weighted by Crippen LogP contribution is -2.23. The maximum atomic E-state index is 12.3. The molecule has 0 spiro atoms. The van der Waals surface area contributed by atoms with Crippen LogP contribution in [0.15, 0.2) is 23.2 Å². The Balaban J connectivity index is 2.13. The number of aromatic nitrogens is 1. The molecule has 0 atom stereocenters. The molecular formula is C15H11N3O6S2. The summed E-state index contributed by atoms with van der Waals surface area (Å²) in [7, 11) is 0. The zero-order chi connectivity index (χ0) is 19.0. The normalized spacial score (nSPS) is 12.8. The summed E-state index contributed by atoms with van der Waals surface area (Å²) in [5.74, 6) is -1.86. The van der Waals surface area contributed by atoms with Crippen LogP contribution < -0.4 is 10.6 Å². The van der Waals surface area contributed by atoms with Gasteiger partial charge in [0.2, 0.25) is 5.88 Å². The first-order valence-corrected chi connectivity index (χ1v) is 8.58. The van der Waals surface area contributed by atoms with Gasteiger partial charge in [-0.1, -0.05) is 0 Å². The number of fused-ring (bicyclic) bond motifs is 1. The Morgan fingerprint density at radius 1 is 1.42 bits per heavy atom. The van der Waals surface area contributed by atoms with E-state index in [0.29, 0.717) is 0 Å². The molecule has 134 valence electrons. The van der Waals surface area contributed by atoms with Crippen molar-refractivity contribution in [2.24, 2.45) is 4.99 Å². The molecule has 0 fully saturated rings. The van der Waals surface area contributed by atoms with E-state index in [-0.39, 0.29) is 55.9 Å². The monoisotopic (exact) mass is 393 g/mol. The Hall–Kier alpha value is -2.92. The molecule has 1 aliphatic rings. The number of nitro benzene ring substituents is 1. The van der Waals surface area contributed by atoms with Gasteiger partial charge in [0.1, 0.15) is 4.88 Å². The number of benzene rings is 1. The van der Waals surface area contributed by atoms with Crippen molar-refractivity contribution < 1.29 is 24.7 Å². The standard InChI is InChI=1S/C15H11N3O6S2/c19-10(20)2-1-5-17-14(22)12(26-15(17)25)11-8-6-7(18(23)24)3-4-9(8)16-13(11)21/h3-4,6,22H,1-2,5H2,(H,19,20). The summed E-state index contributed by atoms with van der Waals surface area (Å²) >= 11 is 6.16. The number of hydrogen-bond donors (Lipinski definition) is 2. The molecule has 0 aliphatic carbocycles. The van der Waals surface area contributed by atoms with Crippen molar-refractivity contribution >= 4 is 46.7 Å². The number of non-ortho nitro benzene ring substituents is 1. The summed E-state index contributed by atoms with van der Waals surface area (Å²) in [6.45, 7) is 0.174. The van der Waals surface area contributed by atoms with Gasteiger partial charge in [-0.15, -0.1) is 11.3 Å². The number of carbonyl (C=O) groups is 2. The maximum absolute atomic E-state index is 12.3. The van der Waals surface area contributed by atoms with Gasteiger partial charge in [-0.2, -0.15) is 0 Å². The van der Waals surface area contributed by atoms with E-state index in [1.54, 1.807) is 0 Å². The van der Waals surface area contributed by atoms with Crippen LogP contribution in [0.4, 0.5) is 5.69 Å². The van der Waals surface area contributed by atoms with Gasteiger partial charge in [0.25, 0.3) is 11.6 Å². The molecule has 0 bridgehead atoms. The Bertz CT molecular complexity index is 1130. The number of aromatic hydroxyl groups is 1. The number of carbonyl (C=O) groups excluding carboxylic acids is 1. The highest BCUT2D eigenvalue weighted by molar-refractivity contribution is 7.73. The average molecular weight is 393 g/mol. The Morgan fingerprint density at radius 3 is 2.81 bits per heavy atom. The second kappa shape index (κ2) is 6.77. The van der Waals surface area contributed by atoms with Crippen LogP contribution in [-0.4, -0.2) is 31.6 Å². The van der Waals surface area contributed by atoms with Gasteiger partial charge in [0.15, 0.2) is 3.95 Å². The fourth-order valence-corrected chi connectivity index (χ4v) is 3.97. The summed E-state index contributed by atoms with van der Waals surface area (Å²) in [5.41, 5.74) is -0.149. The van der Waals surface area contributed by atoms with Gasteiger partial charge >= 0.3 is 5.97 Å². The van der Waals surface area contributed by atoms with Crippen molar-refractivity contribution in [1.82, 2.24) is 4.57 Å². The van der Waals surface area contributed by atoms with Crippen LogP contribution in [0.2, 0.25) is 0 Å². The average Bonchev–Trinajstić information content (AvgIpc) is 3.03. The lowest BCUT2D eigenvalue weighted by Gasteiger charge is -2.04. The van der Waals surface area contributed by atoms with Crippen molar-refractivity contribution in [3.8, 4) is 5.88 Å². The minimum atomic E-state index is -0.966. The molecule has 3 rings (SSSR count). The van der Waals surface area contributed by atoms with Crippen LogP contribution >= 0.6 is 23.6 Å². The van der Waals surface area contributed by atoms with Crippen molar-refractivity contribution in [3.05, 3.63) is 47.7 Å². The summed E-state index contributed by atoms with van der Waals surface area (Å²) < 4.78 is 1.61. The second-order valence-electron chi connectivity index (χ2n) is 5.42. The Kier molecular flexibility index (Phi) is 4.66. The van der Waals surface area contributed by atoms with Gasteiger partial charge in [-0.3, -0.25) is 24.3 Å². The summed E-state index contributed by atoms with van der Waals surface area (Å²) in [4.78, 5) is 37.3. The van der Waals surface area contributed by atoms with Crippen LogP contribution in [-0.2, 0) is 16.1 Å². The third kappa shape index (κ3) is 3.13. The Morgan fingerprint density at radius 2 is 2.15 bits per heavy atom. The lowest BCUT2D eigenvalue weighted by molar-refractivity contribution is -0.385. The number of aliphatic carboxylic acids is 1. The maximum Gasteiger partial charge on any atom is 0.303 e. The molecule has 0 saturated heterocycles. The van der Waals surface area contributed by atoms with E-state index in [1.807, 2.05) is 0 Å². The quantitative estimate of drug-likeness (QED) is 0.426. The molecule has 1 aromatic heterocycles. The molecular weight excluding hydrogens is 382 g/mol. The summed E-state index contributed by atoms with van der Waals surface area (Å²) in [6, 6.07) is 3.85. The van der Waals surface area contributed by atoms with E-state index in [0.717, 1.165) is 11.3 Å². The number of nitro groups is 1. The number of carboxylic acids is 1. The zero-order valence-electron chi connectivity index (χ0n) is 13.0. The zero-order valence-corrected chi connectivity index (χ0v) is 14.7. The van der Waals surface area contributed by atoms with Crippen LogP contribution in [0.25, 0.3) is 5.57 Å². The number of hydrogen-bond acceptors (Lipinski definition) is 7. The largest absolute Gasteiger partial charge is 0.493 e. The topological polar surface area (TPSA) is 135 Å². The highest BCUT2D eigenvalue weighted by Gasteiger charge is 2.26. The van der Waals surface area contributed by atoms with Crippen LogP contribution in [0.5, 0.6) is 5.88 Å². The number of thiazole rings is 1. The molecule has 0 unspecified atom stereocenters. The third-order valence-electron chi connectivity index (χ3n) is 3.76. The van der Waals surface area contributed by atoms with Gasteiger partial charge < -0.3 is 10.2 Å². The molecule has 26 heavy (non-hydrogen) atoms. The third-order valence-corrected chi connectivity index (χ3v) is 5.22.